The summed E-state index contributed by atoms with van der Waals surface area (Å²) < 4.78 is 0. The van der Waals surface area contributed by atoms with Crippen LogP contribution in [0.25, 0.3) is 0 Å². The maximum absolute atomic E-state index is 3.58. The molecule has 0 spiro atoms. The molecule has 0 heterocycles. The minimum absolute atomic E-state index is 1.06. The lowest BCUT2D eigenvalue weighted by molar-refractivity contribution is 0.461. The quantitative estimate of drug-likeness (QED) is 0.592. The average Bonchev–Trinajstić information content (AvgIpc) is 1.85. The molecule has 0 aromatic rings. The lowest BCUT2D eigenvalue weighted by Crippen LogP contribution is -2.65. The maximum Gasteiger partial charge on any atom is 0.212 e. The summed E-state index contributed by atoms with van der Waals surface area (Å²) in [6.07, 6.45) is 1.15. The van der Waals surface area contributed by atoms with E-state index >= 15 is 0 Å². The van der Waals surface area contributed by atoms with Crippen LogP contribution < -0.4 is 9.96 Å². The van der Waals surface area contributed by atoms with Crippen LogP contribution in [0.3, 0.4) is 0 Å². The van der Waals surface area contributed by atoms with Crippen LogP contribution in [0.4, 0.5) is 0 Å². The van der Waals surface area contributed by atoms with Crippen molar-refractivity contribution in [3.05, 3.63) is 0 Å². The summed E-state index contributed by atoms with van der Waals surface area (Å²) in [7, 11) is 2.86. The Morgan fingerprint density at radius 2 is 1.50 bits per heavy atom. The van der Waals surface area contributed by atoms with Crippen LogP contribution in [-0.2, 0) is 0 Å². The van der Waals surface area contributed by atoms with Gasteiger partial charge in [-0.1, -0.05) is 13.8 Å². The summed E-state index contributed by atoms with van der Waals surface area (Å²) in [4.78, 5) is 9.40. The van der Waals surface area contributed by atoms with Crippen molar-refractivity contribution in [2.24, 2.45) is 0 Å². The van der Waals surface area contributed by atoms with E-state index in [-0.39, 0.29) is 0 Å². The molecule has 0 aliphatic carbocycles. The van der Waals surface area contributed by atoms with Crippen LogP contribution in [-0.4, -0.2) is 46.6 Å². The van der Waals surface area contributed by atoms with Gasteiger partial charge in [0.05, 0.1) is 0 Å². The number of nitrogens with one attached hydrogen (secondary N) is 2. The topological polar surface area (TPSA) is 27.3 Å². The zero-order chi connectivity index (χ0) is 9.61. The summed E-state index contributed by atoms with van der Waals surface area (Å²) in [6.45, 7) is 8.78. The fourth-order valence-corrected chi connectivity index (χ4v) is 4.76. The van der Waals surface area contributed by atoms with E-state index in [1.807, 2.05) is 0 Å². The van der Waals surface area contributed by atoms with Crippen molar-refractivity contribution >= 4 is 8.40 Å². The highest BCUT2D eigenvalue weighted by atomic mass is 28.3. The predicted molar refractivity (Wildman–Crippen MR) is 57.5 cm³/mol. The van der Waals surface area contributed by atoms with E-state index in [2.05, 4.69) is 49.4 Å². The molecule has 0 aromatic heterocycles. The minimum atomic E-state index is -1.39. The van der Waals surface area contributed by atoms with Gasteiger partial charge in [-0.05, 0) is 33.7 Å². The van der Waals surface area contributed by atoms with E-state index in [4.69, 9.17) is 0 Å². The first-order valence-corrected chi connectivity index (χ1v) is 7.39. The van der Waals surface area contributed by atoms with E-state index in [1.165, 1.54) is 0 Å². The highest BCUT2D eigenvalue weighted by Gasteiger charge is 2.25. The van der Waals surface area contributed by atoms with Crippen LogP contribution in [0.1, 0.15) is 13.8 Å². The van der Waals surface area contributed by atoms with E-state index in [9.17, 15) is 0 Å². The highest BCUT2D eigenvalue weighted by Crippen LogP contribution is 1.94. The molecule has 2 N–H and O–H groups in total. The minimum Gasteiger partial charge on any atom is -0.325 e. The molecule has 0 atom stereocenters. The summed E-state index contributed by atoms with van der Waals surface area (Å²) >= 11 is 0. The van der Waals surface area contributed by atoms with Gasteiger partial charge in [0.15, 0.2) is 0 Å². The van der Waals surface area contributed by atoms with Gasteiger partial charge in [0.2, 0.25) is 8.40 Å². The van der Waals surface area contributed by atoms with Gasteiger partial charge in [-0.15, -0.1) is 0 Å². The Balaban J connectivity index is 3.98. The Morgan fingerprint density at radius 3 is 1.75 bits per heavy atom. The molecule has 0 saturated carbocycles. The largest absolute Gasteiger partial charge is 0.325 e. The zero-order valence-corrected chi connectivity index (χ0v) is 10.1. The van der Waals surface area contributed by atoms with E-state index in [1.54, 1.807) is 0 Å². The first-order chi connectivity index (χ1) is 5.54. The maximum atomic E-state index is 3.58. The van der Waals surface area contributed by atoms with E-state index < -0.39 is 8.40 Å². The fourth-order valence-electron chi connectivity index (χ4n) is 1.59. The second kappa shape index (κ2) is 5.69. The molecule has 0 radical (unpaired) electrons. The Hall–Kier alpha value is 0.0969. The smallest absolute Gasteiger partial charge is 0.212 e. The van der Waals surface area contributed by atoms with Gasteiger partial charge in [-0.2, -0.15) is 0 Å². The van der Waals surface area contributed by atoms with Crippen LogP contribution >= 0.6 is 0 Å². The molecule has 12 heavy (non-hydrogen) atoms. The van der Waals surface area contributed by atoms with Crippen LogP contribution in [0.15, 0.2) is 0 Å². The van der Waals surface area contributed by atoms with Crippen LogP contribution in [0.2, 0.25) is 6.55 Å². The summed E-state index contributed by atoms with van der Waals surface area (Å²) in [6, 6.07) is 0. The van der Waals surface area contributed by atoms with Gasteiger partial charge in [0.1, 0.15) is 0 Å². The molecule has 3 nitrogen and oxygen atoms in total. The molecule has 0 aliphatic rings. The lowest BCUT2D eigenvalue weighted by atomic mass is 10.8. The lowest BCUT2D eigenvalue weighted by Gasteiger charge is -2.31. The molecule has 0 amide bonds. The number of hydrogen-bond donors (Lipinski definition) is 2. The van der Waals surface area contributed by atoms with Crippen molar-refractivity contribution < 1.29 is 0 Å². The van der Waals surface area contributed by atoms with Crippen molar-refractivity contribution in [3.8, 4) is 0 Å². The van der Waals surface area contributed by atoms with Crippen molar-refractivity contribution in [3.63, 3.8) is 0 Å². The van der Waals surface area contributed by atoms with Crippen molar-refractivity contribution in [1.29, 1.82) is 0 Å². The third-order valence-electron chi connectivity index (χ3n) is 1.77. The Morgan fingerprint density at radius 1 is 1.08 bits per heavy atom. The summed E-state index contributed by atoms with van der Waals surface area (Å²) in [5, 5.41) is 0. The molecule has 0 aromatic carbocycles. The van der Waals surface area contributed by atoms with E-state index in [0.717, 1.165) is 19.3 Å². The molecule has 0 fully saturated rings. The first kappa shape index (κ1) is 12.1. The first-order valence-electron chi connectivity index (χ1n) is 4.69. The van der Waals surface area contributed by atoms with Crippen LogP contribution in [0.5, 0.6) is 0 Å². The molecule has 4 heteroatoms. The number of hydrogen-bond acceptors (Lipinski definition) is 3. The standard InChI is InChI=1S/C8H23N3Si/c1-6-9-12(5,10-7-2)8-11(3)4/h9-10H,6-8H2,1-5H3. The van der Waals surface area contributed by atoms with Crippen LogP contribution in [0, 0.1) is 0 Å². The normalized spacial score (nSPS) is 12.5. The van der Waals surface area contributed by atoms with Crippen molar-refractivity contribution in [2.45, 2.75) is 20.4 Å². The second-order valence-corrected chi connectivity index (χ2v) is 7.32. The second-order valence-electron chi connectivity index (χ2n) is 3.63. The molecule has 0 rings (SSSR count). The number of nitrogens with zero attached hydrogens (tertiary/aromatic N) is 1. The molecule has 0 bridgehead atoms. The fraction of sp³-hybridized carbons (Fsp3) is 1.00. The van der Waals surface area contributed by atoms with Gasteiger partial charge >= 0.3 is 0 Å². The summed E-state index contributed by atoms with van der Waals surface area (Å²) in [5.41, 5.74) is 0. The number of rotatable bonds is 6. The van der Waals surface area contributed by atoms with Crippen molar-refractivity contribution in [1.82, 2.24) is 14.9 Å². The van der Waals surface area contributed by atoms with Gasteiger partial charge in [-0.25, -0.2) is 0 Å². The monoisotopic (exact) mass is 189 g/mol. The SMILES string of the molecule is CCN[Si](C)(CN(C)C)NCC. The molecule has 0 unspecified atom stereocenters. The predicted octanol–water partition coefficient (Wildman–Crippen LogP) is 0.378. The third kappa shape index (κ3) is 4.87. The molecular weight excluding hydrogens is 166 g/mol. The third-order valence-corrected chi connectivity index (χ3v) is 5.30. The molecular formula is C8H23N3Si. The Labute approximate surface area is 77.7 Å². The molecule has 0 aliphatic heterocycles. The van der Waals surface area contributed by atoms with Gasteiger partial charge in [-0.3, -0.25) is 0 Å². The Kier molecular flexibility index (Phi) is 5.74. The average molecular weight is 189 g/mol. The zero-order valence-electron chi connectivity index (χ0n) is 9.07. The van der Waals surface area contributed by atoms with Gasteiger partial charge in [0, 0.05) is 6.17 Å². The van der Waals surface area contributed by atoms with Gasteiger partial charge < -0.3 is 14.9 Å². The Bertz CT molecular complexity index is 111. The molecule has 0 saturated heterocycles. The summed E-state index contributed by atoms with van der Waals surface area (Å²) in [5.74, 6) is 0. The highest BCUT2D eigenvalue weighted by molar-refractivity contribution is 6.74. The molecule has 74 valence electrons. The van der Waals surface area contributed by atoms with Gasteiger partial charge in [0.25, 0.3) is 0 Å². The van der Waals surface area contributed by atoms with Crippen molar-refractivity contribution in [2.75, 3.05) is 33.4 Å². The van der Waals surface area contributed by atoms with E-state index in [0.29, 0.717) is 0 Å².